The minimum absolute atomic E-state index is 0.0155. The minimum atomic E-state index is 0.0155. The molecule has 0 saturated heterocycles. The van der Waals surface area contributed by atoms with Crippen molar-refractivity contribution < 1.29 is 0 Å². The smallest absolute Gasteiger partial charge is 0.153 e. The largest absolute Gasteiger partial charge is 0.323 e. The van der Waals surface area contributed by atoms with Gasteiger partial charge in [-0.3, -0.25) is 0 Å². The minimum Gasteiger partial charge on any atom is -0.323 e. The van der Waals surface area contributed by atoms with Gasteiger partial charge in [-0.05, 0) is 18.6 Å². The van der Waals surface area contributed by atoms with Gasteiger partial charge in [-0.15, -0.1) is 0 Å². The van der Waals surface area contributed by atoms with Crippen LogP contribution in [0.2, 0.25) is 0 Å². The first-order valence-electron chi connectivity index (χ1n) is 4.37. The third kappa shape index (κ3) is 1.40. The molecule has 13 heavy (non-hydrogen) atoms. The SMILES string of the molecule is CCC(N)c1cn2ncccc2n1. The molecular formula is C9H12N4. The van der Waals surface area contributed by atoms with Gasteiger partial charge in [0.1, 0.15) is 0 Å². The standard InChI is InChI=1S/C9H12N4/c1-2-7(10)8-6-13-9(12-8)4-3-5-11-13/h3-7H,2,10H2,1H3. The molecule has 0 fully saturated rings. The first kappa shape index (κ1) is 8.19. The van der Waals surface area contributed by atoms with Crippen LogP contribution in [0.4, 0.5) is 0 Å². The Hall–Kier alpha value is -1.42. The lowest BCUT2D eigenvalue weighted by molar-refractivity contribution is 0.679. The van der Waals surface area contributed by atoms with E-state index in [-0.39, 0.29) is 6.04 Å². The highest BCUT2D eigenvalue weighted by molar-refractivity contribution is 5.37. The summed E-state index contributed by atoms with van der Waals surface area (Å²) in [5.74, 6) is 0. The second kappa shape index (κ2) is 3.14. The van der Waals surface area contributed by atoms with Gasteiger partial charge in [-0.25, -0.2) is 9.50 Å². The lowest BCUT2D eigenvalue weighted by atomic mass is 10.2. The van der Waals surface area contributed by atoms with Gasteiger partial charge in [-0.1, -0.05) is 6.92 Å². The van der Waals surface area contributed by atoms with Gasteiger partial charge in [0.2, 0.25) is 0 Å². The molecule has 68 valence electrons. The number of fused-ring (bicyclic) bond motifs is 1. The van der Waals surface area contributed by atoms with E-state index < -0.39 is 0 Å². The fourth-order valence-electron chi connectivity index (χ4n) is 1.24. The third-order valence-corrected chi connectivity index (χ3v) is 2.08. The fourth-order valence-corrected chi connectivity index (χ4v) is 1.24. The van der Waals surface area contributed by atoms with Gasteiger partial charge < -0.3 is 5.73 Å². The summed E-state index contributed by atoms with van der Waals surface area (Å²) in [7, 11) is 0. The summed E-state index contributed by atoms with van der Waals surface area (Å²) in [6.45, 7) is 2.04. The molecule has 2 rings (SSSR count). The summed E-state index contributed by atoms with van der Waals surface area (Å²) < 4.78 is 1.74. The van der Waals surface area contributed by atoms with Crippen LogP contribution < -0.4 is 5.73 Å². The Morgan fingerprint density at radius 3 is 3.15 bits per heavy atom. The van der Waals surface area contributed by atoms with Crippen molar-refractivity contribution in [2.24, 2.45) is 5.73 Å². The summed E-state index contributed by atoms with van der Waals surface area (Å²) >= 11 is 0. The van der Waals surface area contributed by atoms with Gasteiger partial charge in [0.25, 0.3) is 0 Å². The second-order valence-corrected chi connectivity index (χ2v) is 3.01. The Kier molecular flexibility index (Phi) is 1.98. The summed E-state index contributed by atoms with van der Waals surface area (Å²) in [6, 6.07) is 3.80. The molecule has 0 aromatic carbocycles. The van der Waals surface area contributed by atoms with Crippen LogP contribution in [0, 0.1) is 0 Å². The van der Waals surface area contributed by atoms with Gasteiger partial charge in [0.05, 0.1) is 11.9 Å². The molecule has 2 heterocycles. The summed E-state index contributed by atoms with van der Waals surface area (Å²) in [5.41, 5.74) is 7.61. The molecule has 0 bridgehead atoms. The van der Waals surface area contributed by atoms with Crippen molar-refractivity contribution in [3.05, 3.63) is 30.2 Å². The van der Waals surface area contributed by atoms with Crippen LogP contribution in [0.5, 0.6) is 0 Å². The number of nitrogens with zero attached hydrogens (tertiary/aromatic N) is 3. The lowest BCUT2D eigenvalue weighted by Gasteiger charge is -2.01. The van der Waals surface area contributed by atoms with Crippen molar-refractivity contribution in [1.29, 1.82) is 0 Å². The molecule has 2 aromatic heterocycles. The Balaban J connectivity index is 2.49. The zero-order valence-electron chi connectivity index (χ0n) is 7.51. The molecule has 0 aliphatic carbocycles. The number of imidazole rings is 1. The van der Waals surface area contributed by atoms with E-state index in [1.165, 1.54) is 0 Å². The molecule has 2 aromatic rings. The molecule has 0 radical (unpaired) electrons. The predicted molar refractivity (Wildman–Crippen MR) is 50.2 cm³/mol. The van der Waals surface area contributed by atoms with E-state index >= 15 is 0 Å². The van der Waals surface area contributed by atoms with Gasteiger partial charge in [-0.2, -0.15) is 5.10 Å². The van der Waals surface area contributed by atoms with E-state index in [0.29, 0.717) is 0 Å². The van der Waals surface area contributed by atoms with E-state index in [1.807, 2.05) is 25.3 Å². The second-order valence-electron chi connectivity index (χ2n) is 3.01. The first-order valence-corrected chi connectivity index (χ1v) is 4.37. The van der Waals surface area contributed by atoms with Crippen molar-refractivity contribution >= 4 is 5.65 Å². The molecule has 1 atom stereocenters. The Morgan fingerprint density at radius 1 is 1.62 bits per heavy atom. The number of nitrogens with two attached hydrogens (primary N) is 1. The molecule has 0 spiro atoms. The van der Waals surface area contributed by atoms with E-state index in [1.54, 1.807) is 10.7 Å². The van der Waals surface area contributed by atoms with E-state index in [2.05, 4.69) is 10.1 Å². The van der Waals surface area contributed by atoms with Crippen LogP contribution in [0.1, 0.15) is 25.1 Å². The lowest BCUT2D eigenvalue weighted by Crippen LogP contribution is -2.08. The van der Waals surface area contributed by atoms with Crippen molar-refractivity contribution in [1.82, 2.24) is 14.6 Å². The van der Waals surface area contributed by atoms with Crippen LogP contribution in [-0.4, -0.2) is 14.6 Å². The highest BCUT2D eigenvalue weighted by atomic mass is 15.2. The maximum absolute atomic E-state index is 5.85. The van der Waals surface area contributed by atoms with Gasteiger partial charge in [0, 0.05) is 12.2 Å². The van der Waals surface area contributed by atoms with Crippen LogP contribution in [0.25, 0.3) is 5.65 Å². The molecule has 2 N–H and O–H groups in total. The molecule has 0 aliphatic rings. The van der Waals surface area contributed by atoms with Crippen LogP contribution >= 0.6 is 0 Å². The van der Waals surface area contributed by atoms with E-state index in [4.69, 9.17) is 5.73 Å². The molecular weight excluding hydrogens is 164 g/mol. The van der Waals surface area contributed by atoms with Gasteiger partial charge >= 0.3 is 0 Å². The predicted octanol–water partition coefficient (Wildman–Crippen LogP) is 1.14. The Bertz CT molecular complexity index is 374. The average molecular weight is 176 g/mol. The maximum Gasteiger partial charge on any atom is 0.153 e. The summed E-state index contributed by atoms with van der Waals surface area (Å²) in [6.07, 6.45) is 4.50. The maximum atomic E-state index is 5.85. The first-order chi connectivity index (χ1) is 6.31. The Morgan fingerprint density at radius 2 is 2.46 bits per heavy atom. The van der Waals surface area contributed by atoms with Gasteiger partial charge in [0.15, 0.2) is 5.65 Å². The molecule has 0 saturated carbocycles. The van der Waals surface area contributed by atoms with Crippen LogP contribution in [-0.2, 0) is 0 Å². The molecule has 0 amide bonds. The number of hydrogen-bond acceptors (Lipinski definition) is 3. The van der Waals surface area contributed by atoms with Crippen molar-refractivity contribution in [2.75, 3.05) is 0 Å². The third-order valence-electron chi connectivity index (χ3n) is 2.08. The molecule has 1 unspecified atom stereocenters. The summed E-state index contributed by atoms with van der Waals surface area (Å²) in [5, 5.41) is 4.12. The summed E-state index contributed by atoms with van der Waals surface area (Å²) in [4.78, 5) is 4.36. The average Bonchev–Trinajstić information content (AvgIpc) is 2.59. The molecule has 4 nitrogen and oxygen atoms in total. The van der Waals surface area contributed by atoms with Crippen LogP contribution in [0.3, 0.4) is 0 Å². The highest BCUT2D eigenvalue weighted by Gasteiger charge is 2.07. The normalized spacial score (nSPS) is 13.4. The fraction of sp³-hybridized carbons (Fsp3) is 0.333. The van der Waals surface area contributed by atoms with E-state index in [0.717, 1.165) is 17.8 Å². The number of hydrogen-bond donors (Lipinski definition) is 1. The van der Waals surface area contributed by atoms with E-state index in [9.17, 15) is 0 Å². The monoisotopic (exact) mass is 176 g/mol. The van der Waals surface area contributed by atoms with Crippen molar-refractivity contribution in [3.8, 4) is 0 Å². The van der Waals surface area contributed by atoms with Crippen LogP contribution in [0.15, 0.2) is 24.5 Å². The molecule has 0 aliphatic heterocycles. The quantitative estimate of drug-likeness (QED) is 0.746. The number of aromatic nitrogens is 3. The number of rotatable bonds is 2. The highest BCUT2D eigenvalue weighted by Crippen LogP contribution is 2.12. The van der Waals surface area contributed by atoms with Crippen molar-refractivity contribution in [3.63, 3.8) is 0 Å². The molecule has 4 heteroatoms. The van der Waals surface area contributed by atoms with Crippen molar-refractivity contribution in [2.45, 2.75) is 19.4 Å². The Labute approximate surface area is 76.4 Å². The zero-order chi connectivity index (χ0) is 9.26. The zero-order valence-corrected chi connectivity index (χ0v) is 7.51. The topological polar surface area (TPSA) is 56.2 Å².